The van der Waals surface area contributed by atoms with Gasteiger partial charge in [0.1, 0.15) is 6.61 Å². The van der Waals surface area contributed by atoms with Crippen LogP contribution in [0.2, 0.25) is 0 Å². The number of benzene rings is 2. The third-order valence-corrected chi connectivity index (χ3v) is 7.13. The van der Waals surface area contributed by atoms with Crippen molar-refractivity contribution >= 4 is 34.0 Å². The fourth-order valence-electron chi connectivity index (χ4n) is 4.98. The smallest absolute Gasteiger partial charge is 0.254 e. The van der Waals surface area contributed by atoms with Gasteiger partial charge in [-0.05, 0) is 63.9 Å². The Morgan fingerprint density at radius 1 is 1.06 bits per heavy atom. The van der Waals surface area contributed by atoms with Crippen LogP contribution in [-0.2, 0) is 16.2 Å². The van der Waals surface area contributed by atoms with E-state index in [1.165, 1.54) is 6.21 Å². The maximum absolute atomic E-state index is 12.9. The van der Waals surface area contributed by atoms with Crippen LogP contribution in [-0.4, -0.2) is 30.1 Å². The Labute approximate surface area is 195 Å². The highest BCUT2D eigenvalue weighted by Crippen LogP contribution is 2.49. The van der Waals surface area contributed by atoms with Gasteiger partial charge in [0.2, 0.25) is 0 Å². The quantitative estimate of drug-likeness (QED) is 0.335. The highest BCUT2D eigenvalue weighted by atomic mass is 79.9. The summed E-state index contributed by atoms with van der Waals surface area (Å²) in [6, 6.07) is 13.5. The Kier molecular flexibility index (Phi) is 5.59. The van der Waals surface area contributed by atoms with Crippen LogP contribution in [0, 0.1) is 23.7 Å². The van der Waals surface area contributed by atoms with Crippen molar-refractivity contribution in [2.45, 2.75) is 19.4 Å². The summed E-state index contributed by atoms with van der Waals surface area (Å²) in [4.78, 5) is 25.9. The fourth-order valence-corrected chi connectivity index (χ4v) is 5.55. The average Bonchev–Trinajstić information content (AvgIpc) is 3.10. The van der Waals surface area contributed by atoms with Gasteiger partial charge in [-0.3, -0.25) is 9.59 Å². The molecular formula is C25H23BrN2O4. The second-order valence-electron chi connectivity index (χ2n) is 8.38. The predicted molar refractivity (Wildman–Crippen MR) is 123 cm³/mol. The molecule has 1 saturated carbocycles. The molecule has 1 saturated heterocycles. The molecule has 4 aliphatic rings. The molecule has 1 heterocycles. The zero-order chi connectivity index (χ0) is 22.2. The summed E-state index contributed by atoms with van der Waals surface area (Å²) in [7, 11) is 1.57. The lowest BCUT2D eigenvalue weighted by Crippen LogP contribution is -2.38. The summed E-state index contributed by atoms with van der Waals surface area (Å²) in [5.41, 5.74) is 1.74. The fraction of sp³-hybridized carbons (Fsp3) is 0.320. The van der Waals surface area contributed by atoms with Gasteiger partial charge in [-0.1, -0.05) is 42.5 Å². The highest BCUT2D eigenvalue weighted by Gasteiger charge is 2.56. The standard InChI is InChI=1S/C25H23BrN2O4/c1-31-20-12-16(11-19(26)23(20)32-14-15-5-3-2-4-6-15)13-27-28-24(29)21-17-7-8-18(10-9-17)22(21)25(28)30/h2-8,11-13,17-18,21-22H,9-10,14H2,1H3/b27-13-/t17-,18-,21+,22+/m1/s1. The van der Waals surface area contributed by atoms with Crippen LogP contribution < -0.4 is 9.47 Å². The zero-order valence-electron chi connectivity index (χ0n) is 17.6. The molecule has 7 heteroatoms. The molecule has 2 amide bonds. The second-order valence-corrected chi connectivity index (χ2v) is 9.24. The number of ether oxygens (including phenoxy) is 2. The summed E-state index contributed by atoms with van der Waals surface area (Å²) < 4.78 is 12.2. The van der Waals surface area contributed by atoms with Crippen LogP contribution in [0.5, 0.6) is 11.5 Å². The summed E-state index contributed by atoms with van der Waals surface area (Å²) >= 11 is 3.54. The van der Waals surface area contributed by atoms with E-state index in [1.54, 1.807) is 13.2 Å². The molecule has 0 unspecified atom stereocenters. The summed E-state index contributed by atoms with van der Waals surface area (Å²) in [6.07, 6.45) is 7.66. The summed E-state index contributed by atoms with van der Waals surface area (Å²) in [5, 5.41) is 5.34. The number of rotatable bonds is 6. The van der Waals surface area contributed by atoms with Gasteiger partial charge >= 0.3 is 0 Å². The van der Waals surface area contributed by atoms with Crippen molar-refractivity contribution in [2.75, 3.05) is 7.11 Å². The molecule has 4 atom stereocenters. The highest BCUT2D eigenvalue weighted by molar-refractivity contribution is 9.10. The first-order valence-electron chi connectivity index (χ1n) is 10.7. The molecular weight excluding hydrogens is 472 g/mol. The minimum absolute atomic E-state index is 0.150. The van der Waals surface area contributed by atoms with E-state index in [4.69, 9.17) is 9.47 Å². The lowest BCUT2D eigenvalue weighted by molar-refractivity contribution is -0.140. The molecule has 0 aromatic heterocycles. The Balaban J connectivity index is 1.35. The third-order valence-electron chi connectivity index (χ3n) is 6.54. The van der Waals surface area contributed by atoms with Crippen LogP contribution in [0.15, 0.2) is 64.2 Å². The molecule has 32 heavy (non-hydrogen) atoms. The average molecular weight is 495 g/mol. The van der Waals surface area contributed by atoms with Crippen molar-refractivity contribution < 1.29 is 19.1 Å². The number of carbonyl (C=O) groups excluding carboxylic acids is 2. The predicted octanol–water partition coefficient (Wildman–Crippen LogP) is 4.57. The van der Waals surface area contributed by atoms with Crippen LogP contribution in [0.4, 0.5) is 0 Å². The van der Waals surface area contributed by atoms with Crippen molar-refractivity contribution in [1.29, 1.82) is 0 Å². The van der Waals surface area contributed by atoms with Crippen LogP contribution in [0.3, 0.4) is 0 Å². The SMILES string of the molecule is COc1cc(/C=N\N2C(=O)[C@@H]3[C@@H](C2=O)[C@@H]2C=C[C@@H]3CC2)cc(Br)c1OCc1ccccc1. The van der Waals surface area contributed by atoms with Gasteiger partial charge in [0, 0.05) is 0 Å². The number of fused-ring (bicyclic) bond motifs is 1. The van der Waals surface area contributed by atoms with Crippen LogP contribution >= 0.6 is 15.9 Å². The minimum Gasteiger partial charge on any atom is -0.493 e. The molecule has 2 fully saturated rings. The normalized spacial score (nSPS) is 26.1. The summed E-state index contributed by atoms with van der Waals surface area (Å²) in [5.74, 6) is 0.501. The van der Waals surface area contributed by atoms with Gasteiger partial charge in [0.15, 0.2) is 11.5 Å². The van der Waals surface area contributed by atoms with E-state index in [9.17, 15) is 9.59 Å². The molecule has 2 aromatic carbocycles. The Morgan fingerprint density at radius 3 is 2.31 bits per heavy atom. The number of hydrazone groups is 1. The maximum Gasteiger partial charge on any atom is 0.254 e. The first-order chi connectivity index (χ1) is 15.6. The molecule has 164 valence electrons. The Bertz CT molecular complexity index is 1080. The first kappa shape index (κ1) is 20.9. The topological polar surface area (TPSA) is 68.2 Å². The first-order valence-corrected chi connectivity index (χ1v) is 11.5. The van der Waals surface area contributed by atoms with E-state index >= 15 is 0 Å². The lowest BCUT2D eigenvalue weighted by Gasteiger charge is -2.37. The second kappa shape index (κ2) is 8.54. The zero-order valence-corrected chi connectivity index (χ0v) is 19.2. The molecule has 2 aromatic rings. The molecule has 3 aliphatic carbocycles. The number of nitrogens with zero attached hydrogens (tertiary/aromatic N) is 2. The molecule has 2 bridgehead atoms. The van der Waals surface area contributed by atoms with Gasteiger partial charge in [0.25, 0.3) is 11.8 Å². The van der Waals surface area contributed by atoms with Crippen LogP contribution in [0.1, 0.15) is 24.0 Å². The number of halogens is 1. The van der Waals surface area contributed by atoms with Crippen molar-refractivity contribution in [2.24, 2.45) is 28.8 Å². The summed E-state index contributed by atoms with van der Waals surface area (Å²) in [6.45, 7) is 0.402. The number of amides is 2. The van der Waals surface area contributed by atoms with Crippen molar-refractivity contribution in [3.63, 3.8) is 0 Å². The molecule has 0 N–H and O–H groups in total. The van der Waals surface area contributed by atoms with E-state index in [0.717, 1.165) is 23.4 Å². The number of allylic oxidation sites excluding steroid dienone is 2. The maximum atomic E-state index is 12.9. The Hall–Kier alpha value is -2.93. The van der Waals surface area contributed by atoms with Crippen LogP contribution in [0.25, 0.3) is 0 Å². The van der Waals surface area contributed by atoms with E-state index in [1.807, 2.05) is 36.4 Å². The molecule has 0 radical (unpaired) electrons. The number of carbonyl (C=O) groups is 2. The molecule has 6 nitrogen and oxygen atoms in total. The number of methoxy groups -OCH3 is 1. The van der Waals surface area contributed by atoms with Gasteiger partial charge < -0.3 is 9.47 Å². The number of imide groups is 1. The molecule has 1 aliphatic heterocycles. The molecule has 6 rings (SSSR count). The lowest BCUT2D eigenvalue weighted by atomic mass is 9.63. The van der Waals surface area contributed by atoms with E-state index in [2.05, 4.69) is 33.2 Å². The van der Waals surface area contributed by atoms with Gasteiger partial charge in [-0.15, -0.1) is 0 Å². The van der Waals surface area contributed by atoms with Gasteiger partial charge in [-0.2, -0.15) is 10.1 Å². The Morgan fingerprint density at radius 2 is 1.72 bits per heavy atom. The van der Waals surface area contributed by atoms with Crippen molar-refractivity contribution in [3.05, 3.63) is 70.2 Å². The number of hydrogen-bond donors (Lipinski definition) is 0. The van der Waals surface area contributed by atoms with Crippen molar-refractivity contribution in [1.82, 2.24) is 5.01 Å². The minimum atomic E-state index is -0.265. The van der Waals surface area contributed by atoms with E-state index in [-0.39, 0.29) is 35.5 Å². The van der Waals surface area contributed by atoms with E-state index < -0.39 is 0 Å². The third kappa shape index (κ3) is 3.64. The number of hydrogen-bond acceptors (Lipinski definition) is 5. The monoisotopic (exact) mass is 494 g/mol. The van der Waals surface area contributed by atoms with E-state index in [0.29, 0.717) is 28.1 Å². The molecule has 0 spiro atoms. The largest absolute Gasteiger partial charge is 0.493 e. The van der Waals surface area contributed by atoms with Gasteiger partial charge in [-0.25, -0.2) is 0 Å². The van der Waals surface area contributed by atoms with Crippen molar-refractivity contribution in [3.8, 4) is 11.5 Å². The van der Waals surface area contributed by atoms with Gasteiger partial charge in [0.05, 0.1) is 29.6 Å².